The number of hydrogen-bond acceptors (Lipinski definition) is 8. The van der Waals surface area contributed by atoms with Crippen LogP contribution in [0.15, 0.2) is 18.2 Å². The van der Waals surface area contributed by atoms with Crippen molar-refractivity contribution in [2.45, 2.75) is 159 Å². The summed E-state index contributed by atoms with van der Waals surface area (Å²) in [5.74, 6) is -5.91. The maximum atomic E-state index is 15.1. The molecule has 1 spiro atoms. The maximum Gasteiger partial charge on any atom is 0.403 e. The molecule has 20 heteroatoms. The molecule has 3 aliphatic carbocycles. The summed E-state index contributed by atoms with van der Waals surface area (Å²) in [6.45, 7) is 6.29. The Morgan fingerprint density at radius 1 is 0.971 bits per heavy atom. The van der Waals surface area contributed by atoms with E-state index in [-0.39, 0.29) is 31.7 Å². The van der Waals surface area contributed by atoms with Crippen molar-refractivity contribution >= 4 is 58.6 Å². The van der Waals surface area contributed by atoms with E-state index in [0.717, 1.165) is 12.1 Å². The van der Waals surface area contributed by atoms with Crippen molar-refractivity contribution in [2.24, 2.45) is 22.7 Å². The summed E-state index contributed by atoms with van der Waals surface area (Å²) >= 11 is 6.43. The van der Waals surface area contributed by atoms with Crippen LogP contribution in [-0.2, 0) is 40.0 Å². The van der Waals surface area contributed by atoms with Gasteiger partial charge in [-0.15, -0.1) is 0 Å². The van der Waals surface area contributed by atoms with Crippen molar-refractivity contribution < 1.29 is 51.1 Å². The standard InChI is InChI=1S/C48H69ClF4N8O7/c1-27(2)20-32-41(65)60(8)35(22-29-21-30(49)15-16-33(29)58(5)6)40(64)57-45(3,4)43(67)54-19-10-9-12-34(38(62)55-32)59(7)42(66)37(28-13-14-28)56-39(63)36-23-31(50)24-61(36)44(68)47(48(51,52)53)25-46(26-47)17-11-18-46/h15-16,21,27-28,31-32,34-37H,9-14,17-20,22-26H2,1-8H3,(H,54,67)(H,55,62)(H,56,63)(H,57,64)/t31-,32+,34+,35+,36+,37+/m1/s1. The normalized spacial score (nSPS) is 27.1. The predicted molar refractivity (Wildman–Crippen MR) is 247 cm³/mol. The minimum Gasteiger partial charge on any atom is -0.377 e. The summed E-state index contributed by atoms with van der Waals surface area (Å²) in [7, 11) is 6.48. The van der Waals surface area contributed by atoms with Crippen LogP contribution >= 0.6 is 11.6 Å². The Morgan fingerprint density at radius 3 is 2.21 bits per heavy atom. The van der Waals surface area contributed by atoms with Gasteiger partial charge in [-0.2, -0.15) is 13.2 Å². The van der Waals surface area contributed by atoms with Gasteiger partial charge in [0.25, 0.3) is 0 Å². The highest BCUT2D eigenvalue weighted by Crippen LogP contribution is 2.69. The first-order valence-electron chi connectivity index (χ1n) is 23.9. The fourth-order valence-electron chi connectivity index (χ4n) is 10.7. The lowest BCUT2D eigenvalue weighted by atomic mass is 9.44. The molecule has 6 rings (SSSR count). The Bertz CT molecular complexity index is 2110. The molecule has 6 atom stereocenters. The molecule has 1 aromatic rings. The van der Waals surface area contributed by atoms with E-state index in [1.165, 1.54) is 23.9 Å². The van der Waals surface area contributed by atoms with Crippen LogP contribution in [0.2, 0.25) is 5.02 Å². The number of anilines is 1. The van der Waals surface area contributed by atoms with Crippen LogP contribution in [0.3, 0.4) is 0 Å². The SMILES string of the molecule is CC(C)C[C@@H]1NC(=O)[C@@H](N(C)C(=O)[C@@H](NC(=O)[C@@H]2C[C@@H](F)CN2C(=O)C2(C(F)(F)F)CC3(CCC3)C2)C2CC2)CCCCNC(=O)C(C)(C)NC(=O)[C@H](Cc2cc(Cl)ccc2N(C)C)N(C)C1=O. The number of nitrogens with zero attached hydrogens (tertiary/aromatic N) is 4. The average Bonchev–Trinajstić information content (AvgIpc) is 3.98. The number of rotatable bonds is 11. The van der Waals surface area contributed by atoms with Crippen LogP contribution in [0, 0.1) is 22.7 Å². The fourth-order valence-corrected chi connectivity index (χ4v) is 10.9. The first kappa shape index (κ1) is 52.7. The third kappa shape index (κ3) is 11.2. The molecule has 378 valence electrons. The summed E-state index contributed by atoms with van der Waals surface area (Å²) in [6, 6.07) is -1.24. The zero-order valence-corrected chi connectivity index (χ0v) is 41.2. The summed E-state index contributed by atoms with van der Waals surface area (Å²) in [4.78, 5) is 105. The molecule has 68 heavy (non-hydrogen) atoms. The molecule has 0 bridgehead atoms. The second-order valence-electron chi connectivity index (χ2n) is 21.3. The zero-order valence-electron chi connectivity index (χ0n) is 40.5. The van der Waals surface area contributed by atoms with Crippen molar-refractivity contribution in [3.63, 3.8) is 0 Å². The van der Waals surface area contributed by atoms with E-state index < -0.39 is 132 Å². The molecule has 5 aliphatic rings. The molecule has 2 heterocycles. The molecule has 0 radical (unpaired) electrons. The molecule has 7 amide bonds. The van der Waals surface area contributed by atoms with Gasteiger partial charge in [0, 0.05) is 58.3 Å². The molecule has 3 saturated carbocycles. The van der Waals surface area contributed by atoms with Crippen molar-refractivity contribution in [1.82, 2.24) is 36.0 Å². The minimum atomic E-state index is -4.90. The monoisotopic (exact) mass is 980 g/mol. The van der Waals surface area contributed by atoms with Gasteiger partial charge in [-0.1, -0.05) is 31.9 Å². The maximum absolute atomic E-state index is 15.1. The minimum absolute atomic E-state index is 0.0149. The molecular weight excluding hydrogens is 912 g/mol. The molecule has 1 aromatic carbocycles. The van der Waals surface area contributed by atoms with Gasteiger partial charge < -0.3 is 40.9 Å². The van der Waals surface area contributed by atoms with E-state index in [2.05, 4.69) is 21.3 Å². The highest BCUT2D eigenvalue weighted by molar-refractivity contribution is 6.30. The van der Waals surface area contributed by atoms with E-state index in [0.29, 0.717) is 54.0 Å². The lowest BCUT2D eigenvalue weighted by Crippen LogP contribution is -2.66. The molecule has 5 fully saturated rings. The van der Waals surface area contributed by atoms with Crippen LogP contribution in [0.5, 0.6) is 0 Å². The highest BCUT2D eigenvalue weighted by atomic mass is 35.5. The third-order valence-electron chi connectivity index (χ3n) is 14.9. The number of carbonyl (C=O) groups excluding carboxylic acids is 7. The second kappa shape index (κ2) is 20.3. The van der Waals surface area contributed by atoms with Gasteiger partial charge in [0.05, 0.1) is 6.54 Å². The quantitative estimate of drug-likeness (QED) is 0.231. The third-order valence-corrected chi connectivity index (χ3v) is 15.1. The first-order chi connectivity index (χ1) is 31.7. The molecule has 0 unspecified atom stereocenters. The second-order valence-corrected chi connectivity index (χ2v) is 21.7. The molecule has 2 aliphatic heterocycles. The lowest BCUT2D eigenvalue weighted by molar-refractivity contribution is -0.285. The number of likely N-dealkylation sites (N-methyl/N-ethyl adjacent to an activating group) is 2. The Balaban J connectivity index is 1.26. The molecule has 0 aromatic heterocycles. The number of carbonyl (C=O) groups is 7. The van der Waals surface area contributed by atoms with E-state index in [4.69, 9.17) is 11.6 Å². The first-order valence-corrected chi connectivity index (χ1v) is 24.3. The van der Waals surface area contributed by atoms with Crippen LogP contribution in [0.1, 0.15) is 110 Å². The van der Waals surface area contributed by atoms with Gasteiger partial charge in [-0.25, -0.2) is 4.39 Å². The summed E-state index contributed by atoms with van der Waals surface area (Å²) in [5.41, 5.74) is -3.31. The Labute approximate surface area is 401 Å². The van der Waals surface area contributed by atoms with Gasteiger partial charge in [0.2, 0.25) is 41.4 Å². The average molecular weight is 982 g/mol. The van der Waals surface area contributed by atoms with Gasteiger partial charge in [-0.3, -0.25) is 33.6 Å². The number of hydrogen-bond donors (Lipinski definition) is 4. The summed E-state index contributed by atoms with van der Waals surface area (Å²) in [5, 5.41) is 11.6. The van der Waals surface area contributed by atoms with Gasteiger partial charge in [-0.05, 0) is 119 Å². The molecule has 4 N–H and O–H groups in total. The van der Waals surface area contributed by atoms with Crippen molar-refractivity contribution in [2.75, 3.05) is 46.2 Å². The van der Waals surface area contributed by atoms with E-state index in [1.807, 2.05) is 32.8 Å². The topological polar surface area (TPSA) is 181 Å². The summed E-state index contributed by atoms with van der Waals surface area (Å²) in [6.07, 6.45) is -4.21. The van der Waals surface area contributed by atoms with Crippen molar-refractivity contribution in [3.8, 4) is 0 Å². The number of benzene rings is 1. The van der Waals surface area contributed by atoms with Crippen LogP contribution < -0.4 is 26.2 Å². The van der Waals surface area contributed by atoms with Gasteiger partial charge in [0.15, 0.2) is 0 Å². The summed E-state index contributed by atoms with van der Waals surface area (Å²) < 4.78 is 59.2. The Hall–Kier alpha value is -4.68. The fraction of sp³-hybridized carbons (Fsp3) is 0.729. The molecule has 15 nitrogen and oxygen atoms in total. The smallest absolute Gasteiger partial charge is 0.377 e. The number of likely N-dealkylation sites (tertiary alicyclic amines) is 1. The van der Waals surface area contributed by atoms with Crippen molar-refractivity contribution in [3.05, 3.63) is 28.8 Å². The van der Waals surface area contributed by atoms with Gasteiger partial charge >= 0.3 is 6.18 Å². The van der Waals surface area contributed by atoms with E-state index >= 15 is 4.39 Å². The molecular formula is C48H69ClF4N8O7. The van der Waals surface area contributed by atoms with Crippen molar-refractivity contribution in [1.29, 1.82) is 0 Å². The number of alkyl halides is 4. The predicted octanol–water partition coefficient (Wildman–Crippen LogP) is 4.67. The number of amides is 7. The Kier molecular flexibility index (Phi) is 15.8. The zero-order chi connectivity index (χ0) is 50.3. The van der Waals surface area contributed by atoms with Crippen LogP contribution in [0.25, 0.3) is 0 Å². The van der Waals surface area contributed by atoms with E-state index in [1.54, 1.807) is 32.0 Å². The van der Waals surface area contributed by atoms with Crippen LogP contribution in [-0.4, -0.2) is 145 Å². The van der Waals surface area contributed by atoms with Crippen LogP contribution in [0.4, 0.5) is 23.2 Å². The Morgan fingerprint density at radius 2 is 1.63 bits per heavy atom. The van der Waals surface area contributed by atoms with E-state index in [9.17, 15) is 46.7 Å². The lowest BCUT2D eigenvalue weighted by Gasteiger charge is -2.60. The highest BCUT2D eigenvalue weighted by Gasteiger charge is 2.73. The largest absolute Gasteiger partial charge is 0.403 e. The molecule has 2 saturated heterocycles. The number of halogens is 5. The number of nitrogens with one attached hydrogen (secondary N) is 4. The van der Waals surface area contributed by atoms with Gasteiger partial charge in [0.1, 0.15) is 47.3 Å².